The summed E-state index contributed by atoms with van der Waals surface area (Å²) in [6, 6.07) is 0. The van der Waals surface area contributed by atoms with E-state index >= 15 is 0 Å². The number of amides is 5. The lowest BCUT2D eigenvalue weighted by Gasteiger charge is -2.49. The molecule has 0 atom stereocenters. The second kappa shape index (κ2) is 57.1. The minimum atomic E-state index is -0.948. The van der Waals surface area contributed by atoms with Gasteiger partial charge in [0, 0.05) is 79.9 Å². The van der Waals surface area contributed by atoms with Gasteiger partial charge in [0.2, 0.25) is 29.5 Å². The van der Waals surface area contributed by atoms with Crippen molar-refractivity contribution in [3.05, 3.63) is 0 Å². The van der Waals surface area contributed by atoms with Crippen molar-refractivity contribution < 1.29 is 64.4 Å². The number of hydroxylamine groups is 6. The monoisotopic (exact) mass is 1510 g/mol. The first-order valence-corrected chi connectivity index (χ1v) is 46.8. The zero-order valence-corrected chi connectivity index (χ0v) is 68.1. The van der Waals surface area contributed by atoms with Crippen molar-refractivity contribution >= 4 is 56.5 Å². The molecule has 0 aromatic carbocycles. The van der Waals surface area contributed by atoms with E-state index in [2.05, 4.69) is 15.5 Å². The Morgan fingerprint density at radius 3 is 0.790 bits per heavy atom. The number of unbranched alkanes of at least 4 members (excludes halogenated alkanes) is 20. The van der Waals surface area contributed by atoms with E-state index in [4.69, 9.17) is 0 Å². The maximum atomic E-state index is 12.9. The first-order valence-electron chi connectivity index (χ1n) is 42.4. The molecule has 6 fully saturated rings. The average molecular weight is 1510 g/mol. The molecule has 6 rings (SSSR count). The van der Waals surface area contributed by atoms with Crippen LogP contribution < -0.4 is 35.4 Å². The number of nitrogens with one attached hydrogen (secondary N) is 2. The molecule has 6 aliphatic carbocycles. The van der Waals surface area contributed by atoms with Crippen molar-refractivity contribution in [2.75, 3.05) is 64.7 Å². The molecule has 14 nitrogen and oxygen atoms in total. The lowest BCUT2D eigenvalue weighted by molar-refractivity contribution is -0.166. The Morgan fingerprint density at radius 1 is 0.300 bits per heavy atom. The van der Waals surface area contributed by atoms with Gasteiger partial charge >= 0.3 is 0 Å². The zero-order valence-electron chi connectivity index (χ0n) is 64.0. The Balaban J connectivity index is 0.00000867. The Labute approximate surface area is 632 Å². The fourth-order valence-corrected chi connectivity index (χ4v) is 35.1. The van der Waals surface area contributed by atoms with E-state index in [9.17, 15) is 39.6 Å². The summed E-state index contributed by atoms with van der Waals surface area (Å²) >= 11 is 0. The van der Waals surface area contributed by atoms with Crippen LogP contribution in [-0.2, 0) is 24.0 Å². The first-order chi connectivity index (χ1) is 47.4. The third-order valence-electron chi connectivity index (χ3n) is 25.2. The number of carbonyl (C=O) groups excluding carboxylic acids is 5. The van der Waals surface area contributed by atoms with Gasteiger partial charge in [-0.1, -0.05) is 109 Å². The topological polar surface area (TPSA) is 183 Å². The van der Waals surface area contributed by atoms with Crippen molar-refractivity contribution in [2.45, 2.75) is 420 Å². The molecular formula is C81H153Cl3N6O8P2. The van der Waals surface area contributed by atoms with Crippen LogP contribution in [0, 0.1) is 0 Å². The van der Waals surface area contributed by atoms with Gasteiger partial charge < -0.3 is 40.3 Å². The van der Waals surface area contributed by atoms with Crippen molar-refractivity contribution in [3.8, 4) is 0 Å². The smallest absolute Gasteiger partial charge is 0.246 e. The molecule has 5 amide bonds. The second-order valence-corrected chi connectivity index (χ2v) is 41.5. The van der Waals surface area contributed by atoms with Gasteiger partial charge in [-0.15, -0.1) is 12.4 Å². The van der Waals surface area contributed by atoms with Gasteiger partial charge in [0.1, 0.15) is 0 Å². The molecule has 0 saturated heterocycles. The van der Waals surface area contributed by atoms with Gasteiger partial charge in [-0.2, -0.15) is 0 Å². The highest BCUT2D eigenvalue weighted by atomic mass is 35.5. The Morgan fingerprint density at radius 2 is 0.520 bits per heavy atom. The van der Waals surface area contributed by atoms with Crippen molar-refractivity contribution in [2.24, 2.45) is 0 Å². The predicted octanol–water partition coefficient (Wildman–Crippen LogP) is 15.0. The Hall–Kier alpha value is -1.08. The van der Waals surface area contributed by atoms with Crippen LogP contribution in [0.2, 0.25) is 0 Å². The SMILES string of the molecule is CC(=O)N(O)CCCCCNC(=O)CCC(=O)N(O)CCCCCNC(=O)CCC(=O)N(O)CCCCCN(CCCCCCCCCC[P+](C1CCCCC1)(C1CCCCC1)C1CCCCC1)CCCCCCCCCC[P+](C1CCCCC1)(C1CCCCC1)C1CCCCC1.Cl.[Cl-].[Cl-]. The van der Waals surface area contributed by atoms with Crippen LogP contribution in [0.1, 0.15) is 386 Å². The van der Waals surface area contributed by atoms with Gasteiger partial charge in [-0.25, -0.2) is 15.2 Å². The molecule has 6 saturated carbocycles. The van der Waals surface area contributed by atoms with Crippen LogP contribution >= 0.6 is 26.9 Å². The van der Waals surface area contributed by atoms with Crippen LogP contribution in [0.4, 0.5) is 0 Å². The molecule has 0 unspecified atom stereocenters. The third-order valence-corrected chi connectivity index (χ3v) is 38.7. The quantitative estimate of drug-likeness (QED) is 0.0171. The number of nitrogens with zero attached hydrogens (tertiary/aromatic N) is 4. The molecule has 0 aromatic rings. The number of halogens is 3. The molecule has 5 N–H and O–H groups in total. The molecule has 0 heterocycles. The molecule has 100 heavy (non-hydrogen) atoms. The third kappa shape index (κ3) is 35.3. The van der Waals surface area contributed by atoms with Crippen LogP contribution in [0.15, 0.2) is 0 Å². The van der Waals surface area contributed by atoms with Gasteiger partial charge in [-0.3, -0.25) is 39.6 Å². The van der Waals surface area contributed by atoms with E-state index in [0.717, 1.165) is 71.2 Å². The van der Waals surface area contributed by atoms with Gasteiger partial charge in [0.05, 0.1) is 46.3 Å². The lowest BCUT2D eigenvalue weighted by atomic mass is 9.99. The van der Waals surface area contributed by atoms with E-state index in [0.29, 0.717) is 55.3 Å². The molecule has 6 aliphatic rings. The fraction of sp³-hybridized carbons (Fsp3) is 0.938. The fourth-order valence-electron chi connectivity index (χ4n) is 19.8. The highest BCUT2D eigenvalue weighted by molar-refractivity contribution is 7.78. The standard InChI is InChI=1S/C81H150N6O8P2.3ClH/c1-71(88)85(93)66-40-20-35-61-82-78(89)57-59-80(91)86(94)67-41-21-36-62-83-79(90)58-60-81(92)87(95)68-42-22-39-65-84(63-37-10-6-2-4-8-12-43-69-96(72-45-23-14-24-46-72,73-47-25-15-26-48-73)74-49-27-16-28-50-74)64-38-11-7-3-5-9-13-44-70-97(75-51-29-17-30-52-75,76-53-31-18-32-54-76)77-55-33-19-34-56-77;;;/h72-77,93-95H,2-70H2,1H3;3*1H. The van der Waals surface area contributed by atoms with Crippen LogP contribution in [0.5, 0.6) is 0 Å². The van der Waals surface area contributed by atoms with Gasteiger partial charge in [0.25, 0.3) is 0 Å². The molecule has 0 aromatic heterocycles. The molecular weight excluding hydrogens is 1350 g/mol. The summed E-state index contributed by atoms with van der Waals surface area (Å²) in [5.74, 6) is -1.89. The molecule has 0 aliphatic heterocycles. The minimum absolute atomic E-state index is 0. The zero-order chi connectivity index (χ0) is 68.9. The normalized spacial score (nSPS) is 18.2. The Kier molecular flexibility index (Phi) is 53.2. The van der Waals surface area contributed by atoms with Crippen LogP contribution in [0.25, 0.3) is 0 Å². The molecule has 0 bridgehead atoms. The number of carbonyl (C=O) groups is 5. The first kappa shape index (κ1) is 93.1. The summed E-state index contributed by atoms with van der Waals surface area (Å²) in [6.07, 6.45) is 78.5. The summed E-state index contributed by atoms with van der Waals surface area (Å²) in [7, 11) is -1.90. The van der Waals surface area contributed by atoms with Crippen LogP contribution in [0.3, 0.4) is 0 Å². The highest BCUT2D eigenvalue weighted by Crippen LogP contribution is 2.79. The van der Waals surface area contributed by atoms with Gasteiger partial charge in [-0.05, 0) is 264 Å². The van der Waals surface area contributed by atoms with Crippen molar-refractivity contribution in [1.82, 2.24) is 30.7 Å². The van der Waals surface area contributed by atoms with E-state index in [1.54, 1.807) is 89.4 Å². The van der Waals surface area contributed by atoms with Gasteiger partial charge in [0.15, 0.2) is 0 Å². The summed E-state index contributed by atoms with van der Waals surface area (Å²) in [5.41, 5.74) is 6.74. The maximum Gasteiger partial charge on any atom is 0.246 e. The minimum Gasteiger partial charge on any atom is -1.00 e. The van der Waals surface area contributed by atoms with E-state index in [1.807, 2.05) is 0 Å². The second-order valence-electron chi connectivity index (χ2n) is 32.2. The van der Waals surface area contributed by atoms with E-state index < -0.39 is 32.2 Å². The largest absolute Gasteiger partial charge is 1.00 e. The number of hydrogen-bond donors (Lipinski definition) is 5. The average Bonchev–Trinajstić information content (AvgIpc) is 0.787. The number of rotatable bonds is 52. The lowest BCUT2D eigenvalue weighted by Crippen LogP contribution is -3.00. The van der Waals surface area contributed by atoms with E-state index in [-0.39, 0.29) is 94.4 Å². The summed E-state index contributed by atoms with van der Waals surface area (Å²) in [6.45, 7) is 6.22. The summed E-state index contributed by atoms with van der Waals surface area (Å²) < 4.78 is 0. The molecule has 586 valence electrons. The summed E-state index contributed by atoms with van der Waals surface area (Å²) in [5, 5.41) is 38.0. The predicted molar refractivity (Wildman–Crippen MR) is 415 cm³/mol. The number of hydrogen-bond acceptors (Lipinski definition) is 9. The molecule has 0 radical (unpaired) electrons. The summed E-state index contributed by atoms with van der Waals surface area (Å²) in [4.78, 5) is 63.8. The highest BCUT2D eigenvalue weighted by Gasteiger charge is 2.58. The molecule has 0 spiro atoms. The van der Waals surface area contributed by atoms with Crippen molar-refractivity contribution in [3.63, 3.8) is 0 Å². The maximum absolute atomic E-state index is 12.9. The van der Waals surface area contributed by atoms with E-state index in [1.165, 1.54) is 238 Å². The molecule has 19 heteroatoms. The van der Waals surface area contributed by atoms with Crippen molar-refractivity contribution in [1.29, 1.82) is 0 Å². The van der Waals surface area contributed by atoms with Crippen LogP contribution in [-0.4, -0.2) is 164 Å². The Bertz CT molecular complexity index is 1920.